The number of benzene rings is 2. The largest absolute Gasteiger partial charge is 0.340 e. The van der Waals surface area contributed by atoms with Crippen molar-refractivity contribution in [2.75, 3.05) is 6.54 Å². The molecule has 0 aliphatic carbocycles. The van der Waals surface area contributed by atoms with E-state index in [9.17, 15) is 0 Å². The Morgan fingerprint density at radius 1 is 0.882 bits per heavy atom. The van der Waals surface area contributed by atoms with Crippen LogP contribution in [0.5, 0.6) is 0 Å². The van der Waals surface area contributed by atoms with Gasteiger partial charge in [0, 0.05) is 12.0 Å². The van der Waals surface area contributed by atoms with Crippen LogP contribution in [0.1, 0.15) is 37.3 Å². The lowest BCUT2D eigenvalue weighted by Gasteiger charge is -2.13. The lowest BCUT2D eigenvalue weighted by atomic mass is 9.99. The second-order valence-corrected chi connectivity index (χ2v) is 5.09. The number of hydrogen-bond donors (Lipinski definition) is 1. The van der Waals surface area contributed by atoms with E-state index >= 15 is 0 Å². The molecule has 0 radical (unpaired) electrons. The van der Waals surface area contributed by atoms with Gasteiger partial charge in [-0.2, -0.15) is 0 Å². The lowest BCUT2D eigenvalue weighted by Crippen LogP contribution is -2.84. The fourth-order valence-electron chi connectivity index (χ4n) is 2.86. The van der Waals surface area contributed by atoms with Crippen LogP contribution < -0.4 is 5.32 Å². The van der Waals surface area contributed by atoms with Crippen LogP contribution in [0.3, 0.4) is 0 Å². The molecule has 1 heteroatoms. The summed E-state index contributed by atoms with van der Waals surface area (Å²) in [7, 11) is 0. The van der Waals surface area contributed by atoms with Gasteiger partial charge < -0.3 is 5.32 Å². The molecule has 88 valence electrons. The van der Waals surface area contributed by atoms with Gasteiger partial charge in [0.05, 0.1) is 6.54 Å². The SMILES string of the molecule is c1ccc2cc([C@@H]3CCCCC[NH2+]3)ccc2c1. The van der Waals surface area contributed by atoms with Crippen LogP contribution in [0.4, 0.5) is 0 Å². The number of rotatable bonds is 1. The highest BCUT2D eigenvalue weighted by molar-refractivity contribution is 5.83. The first-order chi connectivity index (χ1) is 8.43. The zero-order valence-electron chi connectivity index (χ0n) is 10.2. The molecule has 1 fully saturated rings. The first kappa shape index (κ1) is 10.8. The summed E-state index contributed by atoms with van der Waals surface area (Å²) in [5.74, 6) is 0. The molecular weight excluding hydrogens is 206 g/mol. The van der Waals surface area contributed by atoms with Gasteiger partial charge in [0.1, 0.15) is 6.04 Å². The molecule has 0 bridgehead atoms. The molecule has 3 rings (SSSR count). The number of quaternary nitrogens is 1. The minimum atomic E-state index is 0.683. The Balaban J connectivity index is 1.93. The maximum Gasteiger partial charge on any atom is 0.112 e. The Hall–Kier alpha value is -1.34. The van der Waals surface area contributed by atoms with E-state index in [0.29, 0.717) is 6.04 Å². The zero-order chi connectivity index (χ0) is 11.5. The van der Waals surface area contributed by atoms with Gasteiger partial charge in [-0.25, -0.2) is 0 Å². The molecule has 0 spiro atoms. The summed E-state index contributed by atoms with van der Waals surface area (Å²) in [6.07, 6.45) is 5.50. The van der Waals surface area contributed by atoms with Crippen LogP contribution in [0.2, 0.25) is 0 Å². The highest BCUT2D eigenvalue weighted by Crippen LogP contribution is 2.22. The maximum atomic E-state index is 2.52. The molecule has 1 atom stereocenters. The van der Waals surface area contributed by atoms with Crippen LogP contribution >= 0.6 is 0 Å². The Morgan fingerprint density at radius 2 is 1.76 bits per heavy atom. The Morgan fingerprint density at radius 3 is 2.71 bits per heavy atom. The summed E-state index contributed by atoms with van der Waals surface area (Å²) in [5.41, 5.74) is 1.51. The van der Waals surface area contributed by atoms with E-state index in [1.807, 2.05) is 0 Å². The molecule has 1 nitrogen and oxygen atoms in total. The van der Waals surface area contributed by atoms with Crippen molar-refractivity contribution < 1.29 is 5.32 Å². The smallest absolute Gasteiger partial charge is 0.112 e. The molecule has 17 heavy (non-hydrogen) atoms. The quantitative estimate of drug-likeness (QED) is 0.770. The van der Waals surface area contributed by atoms with Crippen molar-refractivity contribution >= 4 is 10.8 Å². The highest BCUT2D eigenvalue weighted by atomic mass is 14.9. The molecule has 0 saturated carbocycles. The predicted molar refractivity (Wildman–Crippen MR) is 71.9 cm³/mol. The second-order valence-electron chi connectivity index (χ2n) is 5.09. The average molecular weight is 226 g/mol. The van der Waals surface area contributed by atoms with Gasteiger partial charge in [-0.1, -0.05) is 36.4 Å². The number of hydrogen-bond acceptors (Lipinski definition) is 0. The Kier molecular flexibility index (Phi) is 3.10. The van der Waals surface area contributed by atoms with Crippen LogP contribution in [0.25, 0.3) is 10.8 Å². The molecule has 1 aliphatic rings. The van der Waals surface area contributed by atoms with Crippen LogP contribution in [0.15, 0.2) is 42.5 Å². The third kappa shape index (κ3) is 2.34. The minimum Gasteiger partial charge on any atom is -0.340 e. The topological polar surface area (TPSA) is 16.6 Å². The third-order valence-corrected chi connectivity index (χ3v) is 3.87. The van der Waals surface area contributed by atoms with Crippen LogP contribution in [-0.2, 0) is 0 Å². The van der Waals surface area contributed by atoms with E-state index in [0.717, 1.165) is 0 Å². The van der Waals surface area contributed by atoms with E-state index < -0.39 is 0 Å². The van der Waals surface area contributed by atoms with Crippen molar-refractivity contribution in [2.45, 2.75) is 31.7 Å². The highest BCUT2D eigenvalue weighted by Gasteiger charge is 2.16. The number of fused-ring (bicyclic) bond motifs is 1. The molecule has 0 unspecified atom stereocenters. The van der Waals surface area contributed by atoms with Crippen LogP contribution in [0, 0.1) is 0 Å². The average Bonchev–Trinajstić information content (AvgIpc) is 2.67. The van der Waals surface area contributed by atoms with E-state index in [1.165, 1.54) is 48.6 Å². The molecule has 0 aromatic heterocycles. The summed E-state index contributed by atoms with van der Waals surface area (Å²) in [5, 5.41) is 5.25. The summed E-state index contributed by atoms with van der Waals surface area (Å²) < 4.78 is 0. The van der Waals surface area contributed by atoms with Crippen molar-refractivity contribution in [1.82, 2.24) is 0 Å². The lowest BCUT2D eigenvalue weighted by molar-refractivity contribution is -0.694. The van der Waals surface area contributed by atoms with E-state index in [-0.39, 0.29) is 0 Å². The third-order valence-electron chi connectivity index (χ3n) is 3.87. The standard InChI is InChI=1S/C16H19N/c1-2-8-16(17-11-5-1)15-10-9-13-6-3-4-7-14(13)12-15/h3-4,6-7,9-10,12,16-17H,1-2,5,8,11H2/p+1/t16-/m0/s1. The van der Waals surface area contributed by atoms with Crippen molar-refractivity contribution in [3.8, 4) is 0 Å². The normalized spacial score (nSPS) is 21.3. The summed E-state index contributed by atoms with van der Waals surface area (Å²) >= 11 is 0. The van der Waals surface area contributed by atoms with E-state index in [2.05, 4.69) is 47.8 Å². The molecular formula is C16H20N+. The fraction of sp³-hybridized carbons (Fsp3) is 0.375. The van der Waals surface area contributed by atoms with Gasteiger partial charge in [0.2, 0.25) is 0 Å². The Labute approximate surface area is 103 Å². The van der Waals surface area contributed by atoms with E-state index in [1.54, 1.807) is 0 Å². The van der Waals surface area contributed by atoms with Crippen LogP contribution in [-0.4, -0.2) is 6.54 Å². The summed E-state index contributed by atoms with van der Waals surface area (Å²) in [6.45, 7) is 1.29. The van der Waals surface area contributed by atoms with Gasteiger partial charge >= 0.3 is 0 Å². The first-order valence-corrected chi connectivity index (χ1v) is 6.75. The summed E-state index contributed by atoms with van der Waals surface area (Å²) in [6, 6.07) is 16.3. The van der Waals surface area contributed by atoms with Crippen molar-refractivity contribution in [3.05, 3.63) is 48.0 Å². The fourth-order valence-corrected chi connectivity index (χ4v) is 2.86. The predicted octanol–water partition coefficient (Wildman–Crippen LogP) is 3.02. The molecule has 1 saturated heterocycles. The second kappa shape index (κ2) is 4.89. The maximum absolute atomic E-state index is 2.52. The zero-order valence-corrected chi connectivity index (χ0v) is 10.2. The molecule has 1 aliphatic heterocycles. The van der Waals surface area contributed by atoms with Crippen molar-refractivity contribution in [2.24, 2.45) is 0 Å². The first-order valence-electron chi connectivity index (χ1n) is 6.75. The van der Waals surface area contributed by atoms with Crippen molar-refractivity contribution in [3.63, 3.8) is 0 Å². The molecule has 2 aromatic carbocycles. The van der Waals surface area contributed by atoms with Crippen molar-refractivity contribution in [1.29, 1.82) is 0 Å². The molecule has 0 amide bonds. The van der Waals surface area contributed by atoms with E-state index in [4.69, 9.17) is 0 Å². The Bertz CT molecular complexity index is 496. The minimum absolute atomic E-state index is 0.683. The number of nitrogens with two attached hydrogens (primary N) is 1. The van der Waals surface area contributed by atoms with Gasteiger partial charge in [0.15, 0.2) is 0 Å². The van der Waals surface area contributed by atoms with Gasteiger partial charge in [-0.15, -0.1) is 0 Å². The molecule has 2 aromatic rings. The monoisotopic (exact) mass is 226 g/mol. The molecule has 1 heterocycles. The molecule has 2 N–H and O–H groups in total. The van der Waals surface area contributed by atoms with Gasteiger partial charge in [-0.3, -0.25) is 0 Å². The van der Waals surface area contributed by atoms with Gasteiger partial charge in [-0.05, 0) is 36.1 Å². The summed E-state index contributed by atoms with van der Waals surface area (Å²) in [4.78, 5) is 0. The van der Waals surface area contributed by atoms with Gasteiger partial charge in [0.25, 0.3) is 0 Å².